The Balaban J connectivity index is 1.50. The van der Waals surface area contributed by atoms with Crippen LogP contribution >= 0.6 is 0 Å². The molecule has 34 heavy (non-hydrogen) atoms. The van der Waals surface area contributed by atoms with Crippen LogP contribution in [-0.2, 0) is 10.3 Å². The molecule has 0 radical (unpaired) electrons. The highest BCUT2D eigenvalue weighted by atomic mass is 16.5. The molecule has 0 unspecified atom stereocenters. The normalized spacial score (nSPS) is 13.1. The van der Waals surface area contributed by atoms with E-state index in [-0.39, 0.29) is 0 Å². The third-order valence-electron chi connectivity index (χ3n) is 6.09. The van der Waals surface area contributed by atoms with E-state index in [0.717, 1.165) is 28.9 Å². The molecule has 3 N–H and O–H groups in total. The summed E-state index contributed by atoms with van der Waals surface area (Å²) in [6.45, 7) is 2.39. The predicted octanol–water partition coefficient (Wildman–Crippen LogP) is 3.97. The Labute approximate surface area is 199 Å². The molecule has 0 atom stereocenters. The van der Waals surface area contributed by atoms with Crippen LogP contribution in [0.1, 0.15) is 16.7 Å². The highest BCUT2D eigenvalue weighted by Gasteiger charge is 2.37. The quantitative estimate of drug-likeness (QED) is 0.237. The van der Waals surface area contributed by atoms with Crippen molar-refractivity contribution in [1.82, 2.24) is 10.2 Å². The molecule has 1 aromatic heterocycles. The number of ether oxygens (including phenoxy) is 2. The van der Waals surface area contributed by atoms with Crippen molar-refractivity contribution >= 4 is 11.5 Å². The zero-order chi connectivity index (χ0) is 23.2. The number of hydrogen-bond acceptors (Lipinski definition) is 7. The standard InChI is InChI=1S/C27H27N5O2/c28-30-26-25-24(20-29-31-26)32(16-18-33-25)17-19-34-27(21-10-4-1-5-11-21,22-12-6-2-7-13-22)23-14-8-3-9-15-23/h1-15,20H,16-19,28H2,(H,30,31). The number of aromatic nitrogens is 2. The summed E-state index contributed by atoms with van der Waals surface area (Å²) in [6, 6.07) is 31.1. The van der Waals surface area contributed by atoms with Gasteiger partial charge in [-0.15, -0.1) is 5.10 Å². The number of nitrogens with two attached hydrogens (primary N) is 1. The zero-order valence-electron chi connectivity index (χ0n) is 18.8. The van der Waals surface area contributed by atoms with Crippen molar-refractivity contribution in [2.45, 2.75) is 5.60 Å². The van der Waals surface area contributed by atoms with Gasteiger partial charge in [-0.2, -0.15) is 5.10 Å². The first kappa shape index (κ1) is 21.9. The third-order valence-corrected chi connectivity index (χ3v) is 6.09. The third kappa shape index (κ3) is 4.07. The Hall–Kier alpha value is -3.94. The predicted molar refractivity (Wildman–Crippen MR) is 133 cm³/mol. The Kier molecular flexibility index (Phi) is 6.38. The summed E-state index contributed by atoms with van der Waals surface area (Å²) in [5.74, 6) is 6.64. The van der Waals surface area contributed by atoms with Crippen LogP contribution in [0, 0.1) is 0 Å². The maximum atomic E-state index is 6.90. The number of hydrogen-bond donors (Lipinski definition) is 2. The molecule has 0 amide bonds. The lowest BCUT2D eigenvalue weighted by Gasteiger charge is -2.37. The molecule has 0 spiro atoms. The number of fused-ring (bicyclic) bond motifs is 1. The van der Waals surface area contributed by atoms with Gasteiger partial charge in [0.25, 0.3) is 0 Å². The van der Waals surface area contributed by atoms with Crippen LogP contribution in [0.4, 0.5) is 11.5 Å². The lowest BCUT2D eigenvalue weighted by molar-refractivity contribution is 0.0168. The minimum atomic E-state index is -0.751. The largest absolute Gasteiger partial charge is 0.486 e. The molecular formula is C27H27N5O2. The second-order valence-electron chi connectivity index (χ2n) is 8.02. The van der Waals surface area contributed by atoms with E-state index >= 15 is 0 Å². The van der Waals surface area contributed by atoms with Crippen molar-refractivity contribution in [3.05, 3.63) is 114 Å². The molecule has 172 valence electrons. The number of nitrogens with one attached hydrogen (secondary N) is 1. The second kappa shape index (κ2) is 9.91. The van der Waals surface area contributed by atoms with Gasteiger partial charge in [0.15, 0.2) is 5.75 Å². The molecule has 3 aromatic carbocycles. The van der Waals surface area contributed by atoms with E-state index < -0.39 is 5.60 Å². The van der Waals surface area contributed by atoms with Crippen LogP contribution in [0.5, 0.6) is 5.75 Å². The molecule has 1 aliphatic heterocycles. The Bertz CT molecular complexity index is 1110. The van der Waals surface area contributed by atoms with Crippen LogP contribution in [0.3, 0.4) is 0 Å². The average molecular weight is 454 g/mol. The van der Waals surface area contributed by atoms with Crippen molar-refractivity contribution in [1.29, 1.82) is 0 Å². The zero-order valence-corrected chi connectivity index (χ0v) is 18.8. The van der Waals surface area contributed by atoms with E-state index in [1.54, 1.807) is 6.20 Å². The smallest absolute Gasteiger partial charge is 0.207 e. The van der Waals surface area contributed by atoms with Gasteiger partial charge < -0.3 is 19.8 Å². The average Bonchev–Trinajstić information content (AvgIpc) is 2.92. The topological polar surface area (TPSA) is 85.5 Å². The first-order valence-corrected chi connectivity index (χ1v) is 11.3. The van der Waals surface area contributed by atoms with Gasteiger partial charge in [-0.05, 0) is 16.7 Å². The molecule has 0 saturated carbocycles. The molecule has 0 aliphatic carbocycles. The van der Waals surface area contributed by atoms with Gasteiger partial charge in [0.1, 0.15) is 17.9 Å². The summed E-state index contributed by atoms with van der Waals surface area (Å²) in [7, 11) is 0. The number of nitrogens with zero attached hydrogens (tertiary/aromatic N) is 3. The van der Waals surface area contributed by atoms with E-state index in [1.165, 1.54) is 0 Å². The van der Waals surface area contributed by atoms with Crippen molar-refractivity contribution in [3.63, 3.8) is 0 Å². The first-order chi connectivity index (χ1) is 16.8. The molecule has 0 saturated heterocycles. The number of hydrazine groups is 1. The fraction of sp³-hybridized carbons (Fsp3) is 0.185. The fourth-order valence-electron chi connectivity index (χ4n) is 4.52. The molecule has 7 heteroatoms. The van der Waals surface area contributed by atoms with Gasteiger partial charge in [-0.25, -0.2) is 5.84 Å². The number of rotatable bonds is 8. The van der Waals surface area contributed by atoms with Gasteiger partial charge in [-0.3, -0.25) is 0 Å². The first-order valence-electron chi connectivity index (χ1n) is 11.3. The van der Waals surface area contributed by atoms with Crippen molar-refractivity contribution < 1.29 is 9.47 Å². The SMILES string of the molecule is NNc1nncc2c1OCCN2CCOC(c1ccccc1)(c1ccccc1)c1ccccc1. The number of nitrogen functional groups attached to an aromatic ring is 1. The molecule has 7 nitrogen and oxygen atoms in total. The highest BCUT2D eigenvalue weighted by Crippen LogP contribution is 2.41. The van der Waals surface area contributed by atoms with Gasteiger partial charge in [0.05, 0.1) is 19.3 Å². The molecule has 0 bridgehead atoms. The maximum Gasteiger partial charge on any atom is 0.207 e. The molecule has 2 heterocycles. The molecule has 5 rings (SSSR count). The van der Waals surface area contributed by atoms with Crippen LogP contribution in [0.25, 0.3) is 0 Å². The van der Waals surface area contributed by atoms with Crippen molar-refractivity contribution in [3.8, 4) is 5.75 Å². The summed E-state index contributed by atoms with van der Waals surface area (Å²) < 4.78 is 12.7. The van der Waals surface area contributed by atoms with Gasteiger partial charge >= 0.3 is 0 Å². The lowest BCUT2D eigenvalue weighted by atomic mass is 9.80. The summed E-state index contributed by atoms with van der Waals surface area (Å²) in [6.07, 6.45) is 1.70. The van der Waals surface area contributed by atoms with Crippen LogP contribution in [0.2, 0.25) is 0 Å². The monoisotopic (exact) mass is 453 g/mol. The molecule has 4 aromatic rings. The fourth-order valence-corrected chi connectivity index (χ4v) is 4.52. The van der Waals surface area contributed by atoms with Crippen LogP contribution < -0.4 is 20.9 Å². The van der Waals surface area contributed by atoms with Crippen molar-refractivity contribution in [2.75, 3.05) is 36.6 Å². The van der Waals surface area contributed by atoms with Crippen molar-refractivity contribution in [2.24, 2.45) is 5.84 Å². The van der Waals surface area contributed by atoms with E-state index in [0.29, 0.717) is 31.3 Å². The molecule has 1 aliphatic rings. The van der Waals surface area contributed by atoms with Gasteiger partial charge in [-0.1, -0.05) is 91.0 Å². The van der Waals surface area contributed by atoms with E-state index in [2.05, 4.69) is 93.3 Å². The molecule has 0 fully saturated rings. The lowest BCUT2D eigenvalue weighted by Crippen LogP contribution is -2.39. The Morgan fingerprint density at radius 2 is 1.44 bits per heavy atom. The van der Waals surface area contributed by atoms with Gasteiger partial charge in [0.2, 0.25) is 5.82 Å². The van der Waals surface area contributed by atoms with E-state index in [4.69, 9.17) is 15.3 Å². The molecular weight excluding hydrogens is 426 g/mol. The summed E-state index contributed by atoms with van der Waals surface area (Å²) >= 11 is 0. The summed E-state index contributed by atoms with van der Waals surface area (Å²) in [5.41, 5.74) is 5.90. The minimum Gasteiger partial charge on any atom is -0.486 e. The summed E-state index contributed by atoms with van der Waals surface area (Å²) in [4.78, 5) is 2.19. The highest BCUT2D eigenvalue weighted by molar-refractivity contribution is 5.68. The number of anilines is 2. The maximum absolute atomic E-state index is 6.90. The Morgan fingerprint density at radius 1 is 0.882 bits per heavy atom. The van der Waals surface area contributed by atoms with E-state index in [9.17, 15) is 0 Å². The minimum absolute atomic E-state index is 0.426. The number of benzene rings is 3. The second-order valence-corrected chi connectivity index (χ2v) is 8.02. The summed E-state index contributed by atoms with van der Waals surface area (Å²) in [5, 5.41) is 8.08. The Morgan fingerprint density at radius 3 is 1.97 bits per heavy atom. The van der Waals surface area contributed by atoms with Crippen LogP contribution in [-0.4, -0.2) is 36.5 Å². The van der Waals surface area contributed by atoms with E-state index in [1.807, 2.05) is 18.2 Å². The van der Waals surface area contributed by atoms with Crippen LogP contribution in [0.15, 0.2) is 97.2 Å². The van der Waals surface area contributed by atoms with Gasteiger partial charge in [0, 0.05) is 6.54 Å².